The number of anilines is 1. The summed E-state index contributed by atoms with van der Waals surface area (Å²) >= 11 is 0. The van der Waals surface area contributed by atoms with Crippen LogP contribution < -0.4 is 20.8 Å². The molecule has 61 heavy (non-hydrogen) atoms. The van der Waals surface area contributed by atoms with Gasteiger partial charge in [0.25, 0.3) is 11.7 Å². The number of aromatic hydroxyl groups is 2. The van der Waals surface area contributed by atoms with Crippen LogP contribution in [-0.2, 0) is 23.8 Å². The highest BCUT2D eigenvalue weighted by Gasteiger charge is 2.50. The molecule has 0 radical (unpaired) electrons. The SMILES string of the molecule is COC1C=COC2(C)Oc3c(C)c(O)c4c(O)c(c5c(c4c3C2=O)=NC2(CCN(CC(C)C)CC2)N=5)NC(=O)/C(C)=C\C=C/C(C)C(O)C(C)C(O)C(C)C(OC(C)=O)C1C. The van der Waals surface area contributed by atoms with E-state index in [1.807, 2.05) is 0 Å². The summed E-state index contributed by atoms with van der Waals surface area (Å²) < 4.78 is 24.0. The quantitative estimate of drug-likeness (QED) is 0.209. The Bertz CT molecular complexity index is 2300. The Kier molecular flexibility index (Phi) is 13.1. The molecule has 1 spiro atoms. The number of piperidine rings is 1. The van der Waals surface area contributed by atoms with Crippen LogP contribution in [0.5, 0.6) is 17.2 Å². The van der Waals surface area contributed by atoms with E-state index in [0.717, 1.165) is 6.54 Å². The van der Waals surface area contributed by atoms with Crippen molar-refractivity contribution in [3.05, 3.63) is 58.0 Å². The van der Waals surface area contributed by atoms with E-state index in [9.17, 15) is 34.8 Å². The van der Waals surface area contributed by atoms with E-state index in [1.54, 1.807) is 65.8 Å². The Morgan fingerprint density at radius 2 is 1.62 bits per heavy atom. The van der Waals surface area contributed by atoms with Crippen molar-refractivity contribution >= 4 is 34.1 Å². The Morgan fingerprint density at radius 3 is 2.25 bits per heavy atom. The molecular formula is C46H62N4O11. The second kappa shape index (κ2) is 17.5. The maximum atomic E-state index is 14.7. The number of nitrogens with zero attached hydrogens (tertiary/aromatic N) is 3. The molecule has 4 aliphatic rings. The minimum Gasteiger partial charge on any atom is -0.507 e. The molecule has 15 heteroatoms. The predicted molar refractivity (Wildman–Crippen MR) is 228 cm³/mol. The fraction of sp³-hybridized carbons (Fsp3) is 0.587. The molecule has 4 heterocycles. The maximum absolute atomic E-state index is 14.7. The van der Waals surface area contributed by atoms with Gasteiger partial charge in [-0.25, -0.2) is 0 Å². The molecule has 0 aliphatic carbocycles. The van der Waals surface area contributed by atoms with Crippen molar-refractivity contribution in [1.29, 1.82) is 0 Å². The average molecular weight is 847 g/mol. The van der Waals surface area contributed by atoms with E-state index in [1.165, 1.54) is 27.2 Å². The van der Waals surface area contributed by atoms with Gasteiger partial charge in [0.05, 0.1) is 40.9 Å². The van der Waals surface area contributed by atoms with Gasteiger partial charge >= 0.3 is 11.8 Å². The number of phenolic OH excluding ortho intramolecular Hbond substituents is 2. The van der Waals surface area contributed by atoms with Gasteiger partial charge in [0.2, 0.25) is 0 Å². The van der Waals surface area contributed by atoms with Crippen LogP contribution >= 0.6 is 0 Å². The van der Waals surface area contributed by atoms with E-state index in [2.05, 4.69) is 24.1 Å². The van der Waals surface area contributed by atoms with Gasteiger partial charge in [0, 0.05) is 93.6 Å². The number of fused-ring (bicyclic) bond motifs is 1. The van der Waals surface area contributed by atoms with Crippen molar-refractivity contribution < 1.29 is 53.8 Å². The molecule has 2 aromatic rings. The van der Waals surface area contributed by atoms with Crippen molar-refractivity contribution in [1.82, 2.24) is 4.90 Å². The number of carbonyl (C=O) groups is 3. The molecule has 332 valence electrons. The first-order valence-electron chi connectivity index (χ1n) is 21.2. The zero-order valence-electron chi connectivity index (χ0n) is 37.1. The summed E-state index contributed by atoms with van der Waals surface area (Å²) in [4.78, 5) is 53.7. The van der Waals surface area contributed by atoms with Crippen molar-refractivity contribution in [2.45, 2.75) is 118 Å². The third-order valence-electron chi connectivity index (χ3n) is 12.9. The maximum Gasteiger partial charge on any atom is 0.312 e. The molecule has 2 aromatic carbocycles. The molecule has 5 N–H and O–H groups in total. The van der Waals surface area contributed by atoms with E-state index in [-0.39, 0.29) is 55.4 Å². The summed E-state index contributed by atoms with van der Waals surface area (Å²) in [6.45, 7) is 19.5. The fourth-order valence-corrected chi connectivity index (χ4v) is 9.20. The van der Waals surface area contributed by atoms with E-state index in [4.69, 9.17) is 28.9 Å². The number of hydrogen-bond acceptors (Lipinski definition) is 14. The van der Waals surface area contributed by atoms with Crippen LogP contribution in [-0.4, -0.2) is 106 Å². The van der Waals surface area contributed by atoms with Gasteiger partial charge < -0.3 is 49.6 Å². The number of carbonyl (C=O) groups excluding carboxylic acids is 3. The number of benzene rings is 2. The molecular weight excluding hydrogens is 785 g/mol. The molecule has 1 fully saturated rings. The number of aliphatic hydroxyl groups is 2. The highest BCUT2D eigenvalue weighted by Crippen LogP contribution is 2.50. The summed E-state index contributed by atoms with van der Waals surface area (Å²) in [5, 5.41) is 50.2. The van der Waals surface area contributed by atoms with Gasteiger partial charge in [-0.3, -0.25) is 24.4 Å². The Balaban J connectivity index is 1.54. The summed E-state index contributed by atoms with van der Waals surface area (Å²) in [5.41, 5.74) is -0.572. The number of amides is 1. The smallest absolute Gasteiger partial charge is 0.312 e. The molecule has 15 nitrogen and oxygen atoms in total. The second-order valence-corrected chi connectivity index (χ2v) is 18.0. The van der Waals surface area contributed by atoms with Crippen LogP contribution in [0, 0.1) is 36.5 Å². The number of phenols is 2. The summed E-state index contributed by atoms with van der Waals surface area (Å²) in [6.07, 6.45) is 5.04. The molecule has 0 aromatic heterocycles. The number of rotatable bonds is 4. The molecule has 9 unspecified atom stereocenters. The topological polar surface area (TPSA) is 209 Å². The Morgan fingerprint density at radius 1 is 0.967 bits per heavy atom. The molecule has 0 saturated carbocycles. The largest absolute Gasteiger partial charge is 0.507 e. The lowest BCUT2D eigenvalue weighted by atomic mass is 9.78. The number of aliphatic hydroxyl groups excluding tert-OH is 2. The second-order valence-electron chi connectivity index (χ2n) is 18.0. The van der Waals surface area contributed by atoms with Gasteiger partial charge in [0.15, 0.2) is 11.4 Å². The lowest BCUT2D eigenvalue weighted by Crippen LogP contribution is -2.46. The van der Waals surface area contributed by atoms with Crippen molar-refractivity contribution in [2.24, 2.45) is 39.6 Å². The van der Waals surface area contributed by atoms with Gasteiger partial charge in [-0.15, -0.1) is 0 Å². The van der Waals surface area contributed by atoms with Crippen LogP contribution in [0.3, 0.4) is 0 Å². The summed E-state index contributed by atoms with van der Waals surface area (Å²) in [7, 11) is 1.47. The number of hydrogen-bond donors (Lipinski definition) is 5. The zero-order chi connectivity index (χ0) is 44.9. The van der Waals surface area contributed by atoms with Gasteiger partial charge in [-0.2, -0.15) is 0 Å². The van der Waals surface area contributed by atoms with Crippen molar-refractivity contribution in [3.8, 4) is 17.2 Å². The fourth-order valence-electron chi connectivity index (χ4n) is 9.20. The third kappa shape index (κ3) is 8.54. The molecule has 1 amide bonds. The molecule has 4 bridgehead atoms. The van der Waals surface area contributed by atoms with Crippen LogP contribution in [0.15, 0.2) is 46.1 Å². The standard InChI is InChI=1S/C46H62N4O11/c1-22(2)21-50-18-16-46(17-19-50)48-34-31-32-39(54)28(8)42-33(31)43(56)45(10,61-42)59-20-15-30(58-11)25(5)41(60-29(9)51)27(7)38(53)26(6)37(52)23(3)13-12-14-24(4)44(57)47-36(40(32)55)35(34)49-46/h12-15,20,22-23,25-27,30,37-38,41,52-55H,16-19,21H2,1-11H3,(H,47,57)/b13-12-,20-15?,24-14-. The number of ether oxygens (including phenoxy) is 4. The minimum absolute atomic E-state index is 0.0364. The first-order chi connectivity index (χ1) is 28.6. The summed E-state index contributed by atoms with van der Waals surface area (Å²) in [5.74, 6) is -6.44. The van der Waals surface area contributed by atoms with Crippen LogP contribution in [0.25, 0.3) is 10.8 Å². The van der Waals surface area contributed by atoms with Crippen LogP contribution in [0.4, 0.5) is 5.69 Å². The lowest BCUT2D eigenvalue weighted by Gasteiger charge is -2.38. The number of Topliss-reactive ketones (excluding diaryl/α,β-unsaturated/α-hetero) is 1. The van der Waals surface area contributed by atoms with Crippen LogP contribution in [0.2, 0.25) is 0 Å². The first kappa shape index (κ1) is 45.7. The Labute approximate surface area is 356 Å². The molecule has 4 aliphatic heterocycles. The number of allylic oxidation sites excluding steroid dienone is 2. The predicted octanol–water partition coefficient (Wildman–Crippen LogP) is 4.75. The number of methoxy groups -OCH3 is 1. The summed E-state index contributed by atoms with van der Waals surface area (Å²) in [6, 6.07) is 0. The zero-order valence-corrected chi connectivity index (χ0v) is 37.1. The first-order valence-corrected chi connectivity index (χ1v) is 21.2. The number of ketones is 1. The monoisotopic (exact) mass is 846 g/mol. The third-order valence-corrected chi connectivity index (χ3v) is 12.9. The molecule has 9 atom stereocenters. The number of likely N-dealkylation sites (tertiary alicyclic amines) is 1. The minimum atomic E-state index is -1.96. The number of esters is 1. The average Bonchev–Trinajstić information content (AvgIpc) is 3.71. The molecule has 1 saturated heterocycles. The molecule has 6 rings (SSSR count). The number of nitrogens with one attached hydrogen (secondary N) is 1. The van der Waals surface area contributed by atoms with Crippen molar-refractivity contribution in [3.63, 3.8) is 0 Å². The highest BCUT2D eigenvalue weighted by atomic mass is 16.7. The van der Waals surface area contributed by atoms with E-state index in [0.29, 0.717) is 31.8 Å². The van der Waals surface area contributed by atoms with E-state index < -0.39 is 82.9 Å². The van der Waals surface area contributed by atoms with Crippen LogP contribution in [0.1, 0.15) is 91.1 Å². The normalized spacial score (nSPS) is 32.1. The lowest BCUT2D eigenvalue weighted by molar-refractivity contribution is -0.160. The van der Waals surface area contributed by atoms with Gasteiger partial charge in [0.1, 0.15) is 28.6 Å². The van der Waals surface area contributed by atoms with E-state index >= 15 is 0 Å². The van der Waals surface area contributed by atoms with Gasteiger partial charge in [-0.05, 0) is 25.8 Å². The van der Waals surface area contributed by atoms with Crippen molar-refractivity contribution in [2.75, 3.05) is 32.1 Å². The van der Waals surface area contributed by atoms with Gasteiger partial charge in [-0.1, -0.05) is 59.8 Å². The highest BCUT2D eigenvalue weighted by molar-refractivity contribution is 6.19. The Hall–Kier alpha value is -4.83.